The van der Waals surface area contributed by atoms with Gasteiger partial charge in [0.15, 0.2) is 0 Å². The molecule has 1 N–H and O–H groups in total. The summed E-state index contributed by atoms with van der Waals surface area (Å²) in [6.07, 6.45) is 2.77. The maximum Gasteiger partial charge on any atom is 0.0226 e. The van der Waals surface area contributed by atoms with E-state index in [1.54, 1.807) is 0 Å². The first kappa shape index (κ1) is 11.4. The third kappa shape index (κ3) is 2.88. The molecular weight excluding hydrogens is 178 g/mol. The van der Waals surface area contributed by atoms with E-state index in [-0.39, 0.29) is 0 Å². The molecule has 1 aliphatic carbocycles. The molecule has 1 aliphatic rings. The summed E-state index contributed by atoms with van der Waals surface area (Å²) in [4.78, 5) is 0. The fourth-order valence-electron chi connectivity index (χ4n) is 2.58. The summed E-state index contributed by atoms with van der Waals surface area (Å²) in [6, 6.07) is 0.740. The van der Waals surface area contributed by atoms with Gasteiger partial charge < -0.3 is 5.32 Å². The third-order valence-corrected chi connectivity index (χ3v) is 4.63. The van der Waals surface area contributed by atoms with Crippen molar-refractivity contribution in [1.29, 1.82) is 0 Å². The molecule has 1 fully saturated rings. The predicted octanol–water partition coefficient (Wildman–Crippen LogP) is 2.76. The van der Waals surface area contributed by atoms with Crippen LogP contribution in [-0.4, -0.2) is 24.1 Å². The summed E-state index contributed by atoms with van der Waals surface area (Å²) >= 11 is 2.13. The highest BCUT2D eigenvalue weighted by molar-refractivity contribution is 7.99. The van der Waals surface area contributed by atoms with Crippen LogP contribution >= 0.6 is 11.8 Å². The fourth-order valence-corrected chi connectivity index (χ4v) is 3.89. The molecule has 0 radical (unpaired) electrons. The predicted molar refractivity (Wildman–Crippen MR) is 62.3 cm³/mol. The highest BCUT2D eigenvalue weighted by Gasteiger charge is 2.32. The van der Waals surface area contributed by atoms with Crippen molar-refractivity contribution < 1.29 is 0 Å². The normalized spacial score (nSPS) is 40.6. The van der Waals surface area contributed by atoms with E-state index in [9.17, 15) is 0 Å². The van der Waals surface area contributed by atoms with E-state index in [1.807, 2.05) is 0 Å². The zero-order chi connectivity index (χ0) is 9.84. The minimum absolute atomic E-state index is 0.740. The molecule has 2 heteroatoms. The summed E-state index contributed by atoms with van der Waals surface area (Å²) in [5.74, 6) is 3.04. The Morgan fingerprint density at radius 2 is 2.00 bits per heavy atom. The van der Waals surface area contributed by atoms with Crippen LogP contribution in [0.4, 0.5) is 0 Å². The van der Waals surface area contributed by atoms with Gasteiger partial charge >= 0.3 is 0 Å². The van der Waals surface area contributed by atoms with Crippen LogP contribution < -0.4 is 5.32 Å². The maximum atomic E-state index is 3.48. The first-order chi connectivity index (χ1) is 6.19. The van der Waals surface area contributed by atoms with Crippen molar-refractivity contribution in [2.24, 2.45) is 11.8 Å². The van der Waals surface area contributed by atoms with Gasteiger partial charge in [0.05, 0.1) is 0 Å². The number of thioether (sulfide) groups is 1. The molecule has 1 nitrogen and oxygen atoms in total. The summed E-state index contributed by atoms with van der Waals surface area (Å²) in [6.45, 7) is 7.06. The Hall–Kier alpha value is 0.310. The van der Waals surface area contributed by atoms with E-state index in [1.165, 1.54) is 18.6 Å². The van der Waals surface area contributed by atoms with E-state index in [0.29, 0.717) is 0 Å². The van der Waals surface area contributed by atoms with Crippen LogP contribution in [-0.2, 0) is 0 Å². The summed E-state index contributed by atoms with van der Waals surface area (Å²) in [7, 11) is 2.11. The van der Waals surface area contributed by atoms with Crippen molar-refractivity contribution in [2.75, 3.05) is 12.8 Å². The van der Waals surface area contributed by atoms with Gasteiger partial charge in [-0.2, -0.15) is 11.8 Å². The zero-order valence-electron chi connectivity index (χ0n) is 9.34. The molecule has 0 aromatic rings. The van der Waals surface area contributed by atoms with Crippen molar-refractivity contribution in [2.45, 2.75) is 44.9 Å². The lowest BCUT2D eigenvalue weighted by Crippen LogP contribution is -2.44. The van der Waals surface area contributed by atoms with Gasteiger partial charge in [0, 0.05) is 11.3 Å². The summed E-state index contributed by atoms with van der Waals surface area (Å²) < 4.78 is 0. The Kier molecular flexibility index (Phi) is 4.60. The minimum atomic E-state index is 0.740. The Bertz CT molecular complexity index is 149. The number of hydrogen-bond acceptors (Lipinski definition) is 2. The van der Waals surface area contributed by atoms with Crippen molar-refractivity contribution in [3.05, 3.63) is 0 Å². The van der Waals surface area contributed by atoms with Crippen LogP contribution in [0.15, 0.2) is 0 Å². The van der Waals surface area contributed by atoms with Crippen LogP contribution in [0.3, 0.4) is 0 Å². The standard InChI is InChI=1S/C11H23NS/c1-5-13-11-9(3)6-8(2)7-10(11)12-4/h8-12H,5-7H2,1-4H3. The molecule has 0 aromatic heterocycles. The fraction of sp³-hybridized carbons (Fsp3) is 1.00. The zero-order valence-corrected chi connectivity index (χ0v) is 10.2. The third-order valence-electron chi connectivity index (χ3n) is 3.12. The molecule has 4 unspecified atom stereocenters. The lowest BCUT2D eigenvalue weighted by molar-refractivity contribution is 0.257. The number of nitrogens with one attached hydrogen (secondary N) is 1. The molecule has 78 valence electrons. The van der Waals surface area contributed by atoms with Crippen molar-refractivity contribution in [1.82, 2.24) is 5.32 Å². The van der Waals surface area contributed by atoms with Crippen LogP contribution in [0.1, 0.15) is 33.6 Å². The smallest absolute Gasteiger partial charge is 0.0226 e. The molecule has 1 saturated carbocycles. The lowest BCUT2D eigenvalue weighted by Gasteiger charge is -2.39. The first-order valence-electron chi connectivity index (χ1n) is 5.47. The van der Waals surface area contributed by atoms with Crippen molar-refractivity contribution >= 4 is 11.8 Å². The molecule has 0 bridgehead atoms. The Morgan fingerprint density at radius 1 is 1.31 bits per heavy atom. The molecule has 4 atom stereocenters. The molecule has 13 heavy (non-hydrogen) atoms. The maximum absolute atomic E-state index is 3.48. The van der Waals surface area contributed by atoms with Crippen LogP contribution in [0, 0.1) is 11.8 Å². The van der Waals surface area contributed by atoms with Gasteiger partial charge in [0.25, 0.3) is 0 Å². The topological polar surface area (TPSA) is 12.0 Å². The average molecular weight is 201 g/mol. The minimum Gasteiger partial charge on any atom is -0.316 e. The highest BCUT2D eigenvalue weighted by atomic mass is 32.2. The summed E-state index contributed by atoms with van der Waals surface area (Å²) in [5, 5.41) is 4.32. The van der Waals surface area contributed by atoms with Gasteiger partial charge in [-0.05, 0) is 37.5 Å². The van der Waals surface area contributed by atoms with Gasteiger partial charge in [0.2, 0.25) is 0 Å². The molecule has 0 aliphatic heterocycles. The van der Waals surface area contributed by atoms with E-state index in [0.717, 1.165) is 23.1 Å². The highest BCUT2D eigenvalue weighted by Crippen LogP contribution is 2.36. The SMILES string of the molecule is CCSC1C(C)CC(C)CC1NC. The molecule has 0 aromatic carbocycles. The lowest BCUT2D eigenvalue weighted by atomic mass is 9.80. The van der Waals surface area contributed by atoms with Gasteiger partial charge in [-0.25, -0.2) is 0 Å². The monoisotopic (exact) mass is 201 g/mol. The quantitative estimate of drug-likeness (QED) is 0.753. The number of rotatable bonds is 3. The molecule has 1 rings (SSSR count). The molecular formula is C11H23NS. The molecule has 0 saturated heterocycles. The Balaban J connectivity index is 2.55. The van der Waals surface area contributed by atoms with Gasteiger partial charge in [-0.1, -0.05) is 20.8 Å². The van der Waals surface area contributed by atoms with E-state index in [4.69, 9.17) is 0 Å². The van der Waals surface area contributed by atoms with Gasteiger partial charge in [-0.15, -0.1) is 0 Å². The molecule has 0 heterocycles. The number of hydrogen-bond donors (Lipinski definition) is 1. The molecule has 0 spiro atoms. The van der Waals surface area contributed by atoms with E-state index < -0.39 is 0 Å². The van der Waals surface area contributed by atoms with Crippen molar-refractivity contribution in [3.63, 3.8) is 0 Å². The molecule has 0 amide bonds. The van der Waals surface area contributed by atoms with Crippen molar-refractivity contribution in [3.8, 4) is 0 Å². The van der Waals surface area contributed by atoms with Crippen LogP contribution in [0.25, 0.3) is 0 Å². The largest absolute Gasteiger partial charge is 0.316 e. The average Bonchev–Trinajstić information content (AvgIpc) is 2.09. The van der Waals surface area contributed by atoms with Gasteiger partial charge in [0.1, 0.15) is 0 Å². The van der Waals surface area contributed by atoms with Crippen LogP contribution in [0.5, 0.6) is 0 Å². The van der Waals surface area contributed by atoms with E-state index in [2.05, 4.69) is 44.9 Å². The summed E-state index contributed by atoms with van der Waals surface area (Å²) in [5.41, 5.74) is 0. The Labute approximate surface area is 87.1 Å². The Morgan fingerprint density at radius 3 is 2.54 bits per heavy atom. The van der Waals surface area contributed by atoms with Gasteiger partial charge in [-0.3, -0.25) is 0 Å². The van der Waals surface area contributed by atoms with Crippen LogP contribution in [0.2, 0.25) is 0 Å². The second-order valence-electron chi connectivity index (χ2n) is 4.37. The second-order valence-corrected chi connectivity index (χ2v) is 5.82. The second kappa shape index (κ2) is 5.26. The first-order valence-corrected chi connectivity index (χ1v) is 6.52. The van der Waals surface area contributed by atoms with E-state index >= 15 is 0 Å².